The second-order valence-electron chi connectivity index (χ2n) is 5.19. The summed E-state index contributed by atoms with van der Waals surface area (Å²) >= 11 is 1.90. The molecule has 0 heterocycles. The predicted molar refractivity (Wildman–Crippen MR) is 82.7 cm³/mol. The molecule has 18 heavy (non-hydrogen) atoms. The Hall–Kier alpha value is -0.670. The van der Waals surface area contributed by atoms with Gasteiger partial charge in [-0.05, 0) is 43.2 Å². The van der Waals surface area contributed by atoms with Gasteiger partial charge in [0.2, 0.25) is 0 Å². The van der Waals surface area contributed by atoms with Crippen molar-refractivity contribution in [1.29, 1.82) is 0 Å². The van der Waals surface area contributed by atoms with Gasteiger partial charge in [0.05, 0.1) is 0 Å². The van der Waals surface area contributed by atoms with E-state index in [0.717, 1.165) is 19.1 Å². The van der Waals surface area contributed by atoms with Crippen LogP contribution in [0.15, 0.2) is 18.2 Å². The van der Waals surface area contributed by atoms with E-state index < -0.39 is 0 Å². The average Bonchev–Trinajstić information content (AvgIpc) is 3.17. The highest BCUT2D eigenvalue weighted by Gasteiger charge is 2.19. The first kappa shape index (κ1) is 13.8. The van der Waals surface area contributed by atoms with Crippen molar-refractivity contribution in [3.63, 3.8) is 0 Å². The summed E-state index contributed by atoms with van der Waals surface area (Å²) < 4.78 is 0. The minimum absolute atomic E-state index is 0.786. The summed E-state index contributed by atoms with van der Waals surface area (Å²) in [6.45, 7) is 4.34. The van der Waals surface area contributed by atoms with Gasteiger partial charge in [-0.1, -0.05) is 12.1 Å². The van der Waals surface area contributed by atoms with Gasteiger partial charge in [-0.3, -0.25) is 0 Å². The Morgan fingerprint density at radius 3 is 2.78 bits per heavy atom. The summed E-state index contributed by atoms with van der Waals surface area (Å²) in [5.74, 6) is 1.18. The Bertz CT molecular complexity index is 388. The Morgan fingerprint density at radius 2 is 2.17 bits per heavy atom. The van der Waals surface area contributed by atoms with E-state index in [2.05, 4.69) is 48.6 Å². The molecule has 0 atom stereocenters. The second kappa shape index (κ2) is 6.48. The summed E-state index contributed by atoms with van der Waals surface area (Å²) in [5.41, 5.74) is 4.15. The van der Waals surface area contributed by atoms with Crippen molar-refractivity contribution >= 4 is 17.4 Å². The maximum atomic E-state index is 3.57. The van der Waals surface area contributed by atoms with Gasteiger partial charge >= 0.3 is 0 Å². The van der Waals surface area contributed by atoms with E-state index in [1.165, 1.54) is 35.4 Å². The molecule has 0 unspecified atom stereocenters. The molecule has 0 spiro atoms. The molecule has 2 nitrogen and oxygen atoms in total. The molecule has 1 aromatic carbocycles. The molecule has 1 saturated carbocycles. The predicted octanol–water partition coefficient (Wildman–Crippen LogP) is 3.05. The van der Waals surface area contributed by atoms with E-state index in [9.17, 15) is 0 Å². The normalized spacial score (nSPS) is 14.8. The average molecular weight is 264 g/mol. The highest BCUT2D eigenvalue weighted by atomic mass is 32.2. The number of hydrogen-bond acceptors (Lipinski definition) is 3. The van der Waals surface area contributed by atoms with Crippen LogP contribution < -0.4 is 10.2 Å². The molecule has 3 heteroatoms. The molecule has 1 aromatic rings. The highest BCUT2D eigenvalue weighted by molar-refractivity contribution is 7.98. The molecule has 1 N–H and O–H groups in total. The standard InChI is InChI=1S/C15H24N2S/c1-12-10-13(11-16-14-5-6-14)4-7-15(12)17(2)8-9-18-3/h4,7,10,14,16H,5-6,8-9,11H2,1-3H3. The first-order valence-corrected chi connectivity index (χ1v) is 8.13. The molecular weight excluding hydrogens is 240 g/mol. The Balaban J connectivity index is 1.94. The van der Waals surface area contributed by atoms with E-state index in [1.807, 2.05) is 11.8 Å². The van der Waals surface area contributed by atoms with Gasteiger partial charge in [0.25, 0.3) is 0 Å². The van der Waals surface area contributed by atoms with Gasteiger partial charge < -0.3 is 10.2 Å². The molecule has 1 aliphatic carbocycles. The summed E-state index contributed by atoms with van der Waals surface area (Å²) in [5, 5.41) is 3.57. The highest BCUT2D eigenvalue weighted by Crippen LogP contribution is 2.22. The molecule has 1 fully saturated rings. The van der Waals surface area contributed by atoms with Crippen molar-refractivity contribution in [3.05, 3.63) is 29.3 Å². The molecular formula is C15H24N2S. The largest absolute Gasteiger partial charge is 0.374 e. The third-order valence-electron chi connectivity index (χ3n) is 3.48. The van der Waals surface area contributed by atoms with Crippen LogP contribution in [0, 0.1) is 6.92 Å². The van der Waals surface area contributed by atoms with Gasteiger partial charge in [-0.15, -0.1) is 0 Å². The fourth-order valence-electron chi connectivity index (χ4n) is 2.15. The SMILES string of the molecule is CSCCN(C)c1ccc(CNC2CC2)cc1C. The van der Waals surface area contributed by atoms with Gasteiger partial charge in [0, 0.05) is 37.6 Å². The van der Waals surface area contributed by atoms with Gasteiger partial charge in [0.1, 0.15) is 0 Å². The van der Waals surface area contributed by atoms with Crippen LogP contribution in [0.1, 0.15) is 24.0 Å². The molecule has 0 amide bonds. The van der Waals surface area contributed by atoms with Crippen molar-refractivity contribution in [3.8, 4) is 0 Å². The number of anilines is 1. The molecule has 0 saturated heterocycles. The topological polar surface area (TPSA) is 15.3 Å². The first-order chi connectivity index (χ1) is 8.70. The molecule has 100 valence electrons. The van der Waals surface area contributed by atoms with Crippen LogP contribution in [0.25, 0.3) is 0 Å². The van der Waals surface area contributed by atoms with E-state index in [4.69, 9.17) is 0 Å². The zero-order valence-corrected chi connectivity index (χ0v) is 12.5. The number of rotatable bonds is 7. The smallest absolute Gasteiger partial charge is 0.0393 e. The van der Waals surface area contributed by atoms with E-state index >= 15 is 0 Å². The fraction of sp³-hybridized carbons (Fsp3) is 0.600. The fourth-order valence-corrected chi connectivity index (χ4v) is 2.61. The molecule has 2 rings (SSSR count). The van der Waals surface area contributed by atoms with Gasteiger partial charge in [-0.25, -0.2) is 0 Å². The number of nitrogens with one attached hydrogen (secondary N) is 1. The quantitative estimate of drug-likeness (QED) is 0.815. The summed E-state index contributed by atoms with van der Waals surface area (Å²) in [6.07, 6.45) is 4.87. The van der Waals surface area contributed by atoms with Crippen molar-refractivity contribution in [2.75, 3.05) is 30.5 Å². The lowest BCUT2D eigenvalue weighted by Crippen LogP contribution is -2.21. The minimum atomic E-state index is 0.786. The number of thioether (sulfide) groups is 1. The minimum Gasteiger partial charge on any atom is -0.374 e. The number of hydrogen-bond donors (Lipinski definition) is 1. The summed E-state index contributed by atoms with van der Waals surface area (Å²) in [6, 6.07) is 7.63. The Labute approximate surface area is 115 Å². The third kappa shape index (κ3) is 3.92. The molecule has 0 aromatic heterocycles. The number of benzene rings is 1. The monoisotopic (exact) mass is 264 g/mol. The number of aryl methyl sites for hydroxylation is 1. The van der Waals surface area contributed by atoms with Crippen molar-refractivity contribution < 1.29 is 0 Å². The van der Waals surface area contributed by atoms with Crippen LogP contribution in [0.2, 0.25) is 0 Å². The Morgan fingerprint density at radius 1 is 1.39 bits per heavy atom. The van der Waals surface area contributed by atoms with E-state index in [-0.39, 0.29) is 0 Å². The van der Waals surface area contributed by atoms with E-state index in [1.54, 1.807) is 0 Å². The second-order valence-corrected chi connectivity index (χ2v) is 6.18. The zero-order valence-electron chi connectivity index (χ0n) is 11.7. The third-order valence-corrected chi connectivity index (χ3v) is 4.07. The maximum absolute atomic E-state index is 3.57. The van der Waals surface area contributed by atoms with Crippen LogP contribution in [0.4, 0.5) is 5.69 Å². The van der Waals surface area contributed by atoms with E-state index in [0.29, 0.717) is 0 Å². The van der Waals surface area contributed by atoms with Crippen LogP contribution in [0.3, 0.4) is 0 Å². The molecule has 0 bridgehead atoms. The molecule has 1 aliphatic rings. The lowest BCUT2D eigenvalue weighted by molar-refractivity contribution is 0.687. The van der Waals surface area contributed by atoms with Crippen LogP contribution >= 0.6 is 11.8 Å². The van der Waals surface area contributed by atoms with Crippen molar-refractivity contribution in [2.24, 2.45) is 0 Å². The van der Waals surface area contributed by atoms with Crippen molar-refractivity contribution in [2.45, 2.75) is 32.4 Å². The summed E-state index contributed by atoms with van der Waals surface area (Å²) in [7, 11) is 2.18. The zero-order chi connectivity index (χ0) is 13.0. The van der Waals surface area contributed by atoms with Crippen LogP contribution in [-0.2, 0) is 6.54 Å². The lowest BCUT2D eigenvalue weighted by atomic mass is 10.1. The Kier molecular flexibility index (Phi) is 4.95. The van der Waals surface area contributed by atoms with Crippen LogP contribution in [0.5, 0.6) is 0 Å². The first-order valence-electron chi connectivity index (χ1n) is 6.73. The summed E-state index contributed by atoms with van der Waals surface area (Å²) in [4.78, 5) is 2.35. The number of nitrogens with zero attached hydrogens (tertiary/aromatic N) is 1. The van der Waals surface area contributed by atoms with Crippen molar-refractivity contribution in [1.82, 2.24) is 5.32 Å². The molecule has 0 aliphatic heterocycles. The van der Waals surface area contributed by atoms with Crippen LogP contribution in [-0.4, -0.2) is 31.6 Å². The molecule has 0 radical (unpaired) electrons. The van der Waals surface area contributed by atoms with Gasteiger partial charge in [-0.2, -0.15) is 11.8 Å². The lowest BCUT2D eigenvalue weighted by Gasteiger charge is -2.21. The van der Waals surface area contributed by atoms with Gasteiger partial charge in [0.15, 0.2) is 0 Å². The maximum Gasteiger partial charge on any atom is 0.0393 e.